The van der Waals surface area contributed by atoms with Gasteiger partial charge >= 0.3 is 0 Å². The van der Waals surface area contributed by atoms with E-state index in [2.05, 4.69) is 45.9 Å². The number of morpholine rings is 1. The van der Waals surface area contributed by atoms with Gasteiger partial charge in [0.1, 0.15) is 11.7 Å². The van der Waals surface area contributed by atoms with Gasteiger partial charge in [0.25, 0.3) is 5.91 Å². The molecule has 0 bridgehead atoms. The molecule has 3 atom stereocenters. The lowest BCUT2D eigenvalue weighted by Gasteiger charge is -2.35. The van der Waals surface area contributed by atoms with Crippen molar-refractivity contribution in [3.63, 3.8) is 0 Å². The lowest BCUT2D eigenvalue weighted by Crippen LogP contribution is -2.54. The van der Waals surface area contributed by atoms with Crippen molar-refractivity contribution in [2.75, 3.05) is 37.7 Å². The van der Waals surface area contributed by atoms with Crippen LogP contribution in [-0.2, 0) is 21.4 Å². The summed E-state index contributed by atoms with van der Waals surface area (Å²) < 4.78 is 5.49. The van der Waals surface area contributed by atoms with Crippen LogP contribution in [-0.4, -0.2) is 81.8 Å². The van der Waals surface area contributed by atoms with Crippen molar-refractivity contribution in [1.82, 2.24) is 25.2 Å². The van der Waals surface area contributed by atoms with Crippen LogP contribution in [0, 0.1) is 0 Å². The van der Waals surface area contributed by atoms with Gasteiger partial charge in [-0.1, -0.05) is 69.3 Å². The summed E-state index contributed by atoms with van der Waals surface area (Å²) in [6.07, 6.45) is 5.64. The maximum absolute atomic E-state index is 14.6. The highest BCUT2D eigenvalue weighted by Crippen LogP contribution is 2.32. The third-order valence-electron chi connectivity index (χ3n) is 8.11. The summed E-state index contributed by atoms with van der Waals surface area (Å²) in [6, 6.07) is 19.2. The molecule has 2 aromatic carbocycles. The van der Waals surface area contributed by atoms with Crippen LogP contribution in [0.25, 0.3) is 0 Å². The topological polar surface area (TPSA) is 124 Å². The molecule has 236 valence electrons. The fourth-order valence-electron chi connectivity index (χ4n) is 5.55. The molecule has 5 rings (SSSR count). The molecule has 0 aliphatic carbocycles. The summed E-state index contributed by atoms with van der Waals surface area (Å²) in [5.74, 6) is -0.855. The van der Waals surface area contributed by atoms with Crippen molar-refractivity contribution < 1.29 is 19.4 Å². The summed E-state index contributed by atoms with van der Waals surface area (Å²) in [5, 5.41) is 14.7. The monoisotopic (exact) mass is 610 g/mol. The number of amides is 2. The van der Waals surface area contributed by atoms with Gasteiger partial charge < -0.3 is 20.1 Å². The van der Waals surface area contributed by atoms with Crippen molar-refractivity contribution >= 4 is 17.5 Å². The van der Waals surface area contributed by atoms with Crippen LogP contribution in [0.5, 0.6) is 0 Å². The molecule has 1 aliphatic heterocycles. The number of H-pyrrole nitrogens is 1. The van der Waals surface area contributed by atoms with Crippen LogP contribution in [0.4, 0.5) is 5.69 Å². The van der Waals surface area contributed by atoms with Gasteiger partial charge in [-0.2, -0.15) is 0 Å². The first-order valence-electron chi connectivity index (χ1n) is 15.4. The number of aromatic amines is 1. The Morgan fingerprint density at radius 2 is 1.73 bits per heavy atom. The molecular weight excluding hydrogens is 568 g/mol. The van der Waals surface area contributed by atoms with Gasteiger partial charge in [0, 0.05) is 43.3 Å². The van der Waals surface area contributed by atoms with Gasteiger partial charge in [-0.3, -0.25) is 24.4 Å². The molecule has 3 N–H and O–H groups in total. The molecule has 2 amide bonds. The summed E-state index contributed by atoms with van der Waals surface area (Å²) >= 11 is 0. The SMILES string of the molecule is CC(C)(C)c1ccc(N(C(=O)c2cnc[nH]2)C(C(=O)N[C@@H](Cc2ccccc2)[C@@H](O)CN2CCOCC2)c2cccnc2)cc1. The number of aromatic nitrogens is 3. The van der Waals surface area contributed by atoms with E-state index in [0.717, 1.165) is 11.1 Å². The summed E-state index contributed by atoms with van der Waals surface area (Å²) in [7, 11) is 0. The first-order valence-corrected chi connectivity index (χ1v) is 15.4. The fraction of sp³-hybridized carbons (Fsp3) is 0.371. The van der Waals surface area contributed by atoms with E-state index in [9.17, 15) is 14.7 Å². The van der Waals surface area contributed by atoms with E-state index in [1.165, 1.54) is 17.4 Å². The zero-order valence-electron chi connectivity index (χ0n) is 26.1. The standard InChI is InChI=1S/C35H42N6O4/c1-35(2,3)27-11-13-28(14-12-27)41(34(44)30-22-37-24-38-30)32(26-10-7-15-36-21-26)33(43)39-29(20-25-8-5-4-6-9-25)31(42)23-40-16-18-45-19-17-40/h4-15,21-22,24,29,31-32,42H,16-20,23H2,1-3H3,(H,37,38)(H,39,43)/t29-,31-,32?/m0/s1. The van der Waals surface area contributed by atoms with Gasteiger partial charge in [0.05, 0.1) is 37.9 Å². The number of anilines is 1. The highest BCUT2D eigenvalue weighted by atomic mass is 16.5. The van der Waals surface area contributed by atoms with Crippen LogP contribution < -0.4 is 10.2 Å². The second kappa shape index (κ2) is 14.6. The number of hydrogen-bond donors (Lipinski definition) is 3. The quantitative estimate of drug-likeness (QED) is 0.235. The summed E-state index contributed by atoms with van der Waals surface area (Å²) in [4.78, 5) is 43.6. The minimum Gasteiger partial charge on any atom is -0.390 e. The number of nitrogens with one attached hydrogen (secondary N) is 2. The van der Waals surface area contributed by atoms with Crippen LogP contribution in [0.2, 0.25) is 0 Å². The normalized spacial score (nSPS) is 16.0. The Labute approximate surface area is 264 Å². The number of ether oxygens (including phenoxy) is 1. The Balaban J connectivity index is 1.53. The number of carbonyl (C=O) groups is 2. The Morgan fingerprint density at radius 1 is 1.00 bits per heavy atom. The lowest BCUT2D eigenvalue weighted by atomic mass is 9.87. The van der Waals surface area contributed by atoms with Gasteiger partial charge in [-0.05, 0) is 41.2 Å². The fourth-order valence-corrected chi connectivity index (χ4v) is 5.55. The average Bonchev–Trinajstić information content (AvgIpc) is 3.59. The largest absolute Gasteiger partial charge is 0.390 e. The maximum Gasteiger partial charge on any atom is 0.277 e. The molecule has 4 aromatic rings. The Hall–Kier alpha value is -4.38. The molecule has 0 radical (unpaired) electrons. The highest BCUT2D eigenvalue weighted by molar-refractivity contribution is 6.09. The van der Waals surface area contributed by atoms with Crippen molar-refractivity contribution in [2.24, 2.45) is 0 Å². The predicted octanol–water partition coefficient (Wildman–Crippen LogP) is 3.91. The van der Waals surface area contributed by atoms with Gasteiger partial charge in [-0.15, -0.1) is 0 Å². The Morgan fingerprint density at radius 3 is 2.36 bits per heavy atom. The second-order valence-electron chi connectivity index (χ2n) is 12.4. The van der Waals surface area contributed by atoms with Crippen LogP contribution in [0.15, 0.2) is 91.6 Å². The zero-order chi connectivity index (χ0) is 31.8. The van der Waals surface area contributed by atoms with E-state index in [1.54, 1.807) is 24.5 Å². The van der Waals surface area contributed by atoms with Crippen LogP contribution in [0.1, 0.15) is 54.0 Å². The molecule has 2 aromatic heterocycles. The number of nitrogens with zero attached hydrogens (tertiary/aromatic N) is 4. The number of pyridine rings is 1. The van der Waals surface area contributed by atoms with E-state index in [0.29, 0.717) is 50.5 Å². The molecule has 45 heavy (non-hydrogen) atoms. The molecule has 3 heterocycles. The molecule has 1 saturated heterocycles. The minimum atomic E-state index is -1.09. The van der Waals surface area contributed by atoms with Gasteiger partial charge in [0.2, 0.25) is 5.91 Å². The van der Waals surface area contributed by atoms with Crippen LogP contribution in [0.3, 0.4) is 0 Å². The third-order valence-corrected chi connectivity index (χ3v) is 8.11. The molecule has 0 saturated carbocycles. The second-order valence-corrected chi connectivity index (χ2v) is 12.4. The number of β-amino-alcohol motifs (C(OH)–C–C–N with tert-alkyl or cyclic N) is 1. The molecule has 0 spiro atoms. The van der Waals surface area contributed by atoms with Gasteiger partial charge in [-0.25, -0.2) is 4.98 Å². The lowest BCUT2D eigenvalue weighted by molar-refractivity contribution is -0.124. The smallest absolute Gasteiger partial charge is 0.277 e. The maximum atomic E-state index is 14.6. The van der Waals surface area contributed by atoms with E-state index in [-0.39, 0.29) is 11.1 Å². The van der Waals surface area contributed by atoms with E-state index >= 15 is 0 Å². The average molecular weight is 611 g/mol. The molecule has 10 nitrogen and oxygen atoms in total. The Bertz CT molecular complexity index is 1500. The summed E-state index contributed by atoms with van der Waals surface area (Å²) in [6.45, 7) is 9.36. The summed E-state index contributed by atoms with van der Waals surface area (Å²) in [5.41, 5.74) is 3.29. The first-order chi connectivity index (χ1) is 21.7. The molecule has 1 aliphatic rings. The van der Waals surface area contributed by atoms with Crippen LogP contribution >= 0.6 is 0 Å². The number of imidazole rings is 1. The van der Waals surface area contributed by atoms with Crippen molar-refractivity contribution in [3.05, 3.63) is 114 Å². The highest BCUT2D eigenvalue weighted by Gasteiger charge is 2.36. The Kier molecular flexibility index (Phi) is 10.4. The van der Waals surface area contributed by atoms with E-state index < -0.39 is 30.0 Å². The van der Waals surface area contributed by atoms with E-state index in [4.69, 9.17) is 4.74 Å². The minimum absolute atomic E-state index is 0.0991. The molecule has 1 unspecified atom stereocenters. The van der Waals surface area contributed by atoms with Gasteiger partial charge in [0.15, 0.2) is 0 Å². The third kappa shape index (κ3) is 8.21. The number of carbonyl (C=O) groups excluding carboxylic acids is 2. The molecule has 1 fully saturated rings. The number of aliphatic hydroxyl groups is 1. The number of aliphatic hydroxyl groups excluding tert-OH is 1. The van der Waals surface area contributed by atoms with Crippen molar-refractivity contribution in [1.29, 1.82) is 0 Å². The first kappa shape index (κ1) is 32.0. The van der Waals surface area contributed by atoms with Crippen molar-refractivity contribution in [2.45, 2.75) is 50.8 Å². The number of benzene rings is 2. The van der Waals surface area contributed by atoms with Crippen molar-refractivity contribution in [3.8, 4) is 0 Å². The van der Waals surface area contributed by atoms with E-state index in [1.807, 2.05) is 54.6 Å². The zero-order valence-corrected chi connectivity index (χ0v) is 26.1. The number of hydrogen-bond acceptors (Lipinski definition) is 7. The number of rotatable bonds is 11. The molecular formula is C35H42N6O4. The molecule has 10 heteroatoms. The predicted molar refractivity (Wildman–Crippen MR) is 173 cm³/mol.